The molecule has 1 N–H and O–H groups in total. The molecule has 0 saturated carbocycles. The van der Waals surface area contributed by atoms with Crippen molar-refractivity contribution in [3.8, 4) is 0 Å². The molecule has 1 fully saturated rings. The molecule has 0 spiro atoms. The fourth-order valence-corrected chi connectivity index (χ4v) is 5.43. The highest BCUT2D eigenvalue weighted by Gasteiger charge is 2.28. The molecule has 1 aliphatic heterocycles. The van der Waals surface area contributed by atoms with Crippen molar-refractivity contribution in [2.75, 3.05) is 32.7 Å². The van der Waals surface area contributed by atoms with E-state index in [2.05, 4.69) is 22.5 Å². The molecule has 2 aromatic rings. The first-order valence-corrected chi connectivity index (χ1v) is 11.4. The number of nitrogens with one attached hydrogen (secondary N) is 1. The van der Waals surface area contributed by atoms with Gasteiger partial charge in [0.2, 0.25) is 5.91 Å². The Morgan fingerprint density at radius 3 is 2.66 bits per heavy atom. The minimum Gasteiger partial charge on any atom is -0.351 e. The van der Waals surface area contributed by atoms with E-state index in [1.54, 1.807) is 11.3 Å². The van der Waals surface area contributed by atoms with Crippen molar-refractivity contribution in [3.63, 3.8) is 0 Å². The molecule has 0 bridgehead atoms. The summed E-state index contributed by atoms with van der Waals surface area (Å²) in [7, 11) is 0. The first kappa shape index (κ1) is 20.1. The van der Waals surface area contributed by atoms with Crippen molar-refractivity contribution in [2.24, 2.45) is 5.92 Å². The number of benzene rings is 1. The Morgan fingerprint density at radius 1 is 1.14 bits per heavy atom. The fourth-order valence-electron chi connectivity index (χ4n) is 4.19. The maximum atomic E-state index is 13.0. The molecule has 4 rings (SSSR count). The van der Waals surface area contributed by atoms with Crippen LogP contribution in [0.5, 0.6) is 0 Å². The van der Waals surface area contributed by atoms with E-state index in [0.717, 1.165) is 43.0 Å². The van der Waals surface area contributed by atoms with E-state index in [1.165, 1.54) is 16.9 Å². The maximum absolute atomic E-state index is 13.0. The Hall–Kier alpha value is -2.18. The van der Waals surface area contributed by atoms with Crippen LogP contribution in [0.25, 0.3) is 0 Å². The lowest BCUT2D eigenvalue weighted by molar-refractivity contribution is -0.122. The molecule has 1 aromatic heterocycles. The van der Waals surface area contributed by atoms with Gasteiger partial charge in [-0.05, 0) is 36.3 Å². The third-order valence-corrected chi connectivity index (χ3v) is 7.04. The van der Waals surface area contributed by atoms with Gasteiger partial charge in [0.05, 0.1) is 12.1 Å². The summed E-state index contributed by atoms with van der Waals surface area (Å²) in [5.74, 6) is 0.931. The summed E-state index contributed by atoms with van der Waals surface area (Å²) < 4.78 is 0. The average molecular weight is 412 g/mol. The van der Waals surface area contributed by atoms with Crippen LogP contribution in [0.15, 0.2) is 35.7 Å². The molecule has 0 radical (unpaired) electrons. The third kappa shape index (κ3) is 4.87. The zero-order valence-corrected chi connectivity index (χ0v) is 17.8. The molecule has 2 heterocycles. The highest BCUT2D eigenvalue weighted by atomic mass is 32.1. The SMILES string of the molecule is CC1CCc2c(C(=O)N3CCN(CC(=O)NCc4ccccc4)CC3)csc2C1. The van der Waals surface area contributed by atoms with Crippen molar-refractivity contribution in [3.05, 3.63) is 57.3 Å². The van der Waals surface area contributed by atoms with Gasteiger partial charge in [-0.25, -0.2) is 0 Å². The third-order valence-electron chi connectivity index (χ3n) is 5.99. The quantitative estimate of drug-likeness (QED) is 0.823. The van der Waals surface area contributed by atoms with Crippen molar-refractivity contribution >= 4 is 23.2 Å². The maximum Gasteiger partial charge on any atom is 0.255 e. The number of fused-ring (bicyclic) bond motifs is 1. The lowest BCUT2D eigenvalue weighted by atomic mass is 9.88. The second kappa shape index (κ2) is 9.09. The normalized spacial score (nSPS) is 19.6. The van der Waals surface area contributed by atoms with Crippen LogP contribution in [0, 0.1) is 5.92 Å². The monoisotopic (exact) mass is 411 g/mol. The molecule has 29 heavy (non-hydrogen) atoms. The van der Waals surface area contributed by atoms with Gasteiger partial charge < -0.3 is 10.2 Å². The molecule has 1 aliphatic carbocycles. The summed E-state index contributed by atoms with van der Waals surface area (Å²) in [6.45, 7) is 6.10. The number of carbonyl (C=O) groups excluding carboxylic acids is 2. The molecular weight excluding hydrogens is 382 g/mol. The van der Waals surface area contributed by atoms with E-state index >= 15 is 0 Å². The molecule has 2 amide bonds. The smallest absolute Gasteiger partial charge is 0.255 e. The van der Waals surface area contributed by atoms with Crippen LogP contribution in [0.4, 0.5) is 0 Å². The van der Waals surface area contributed by atoms with Crippen LogP contribution >= 0.6 is 11.3 Å². The lowest BCUT2D eigenvalue weighted by Gasteiger charge is -2.34. The Morgan fingerprint density at radius 2 is 1.90 bits per heavy atom. The minimum atomic E-state index is 0.0367. The Kier molecular flexibility index (Phi) is 6.31. The van der Waals surface area contributed by atoms with Gasteiger partial charge >= 0.3 is 0 Å². The number of rotatable bonds is 5. The summed E-state index contributed by atoms with van der Waals surface area (Å²) in [4.78, 5) is 30.8. The Balaban J connectivity index is 1.25. The summed E-state index contributed by atoms with van der Waals surface area (Å²) in [5, 5.41) is 5.04. The highest BCUT2D eigenvalue weighted by molar-refractivity contribution is 7.10. The van der Waals surface area contributed by atoms with E-state index in [-0.39, 0.29) is 11.8 Å². The van der Waals surface area contributed by atoms with Crippen LogP contribution in [0.1, 0.15) is 39.7 Å². The summed E-state index contributed by atoms with van der Waals surface area (Å²) in [6.07, 6.45) is 3.32. The predicted octanol–water partition coefficient (Wildman–Crippen LogP) is 2.95. The number of hydrogen-bond acceptors (Lipinski definition) is 4. The van der Waals surface area contributed by atoms with E-state index < -0.39 is 0 Å². The van der Waals surface area contributed by atoms with Crippen molar-refractivity contribution < 1.29 is 9.59 Å². The van der Waals surface area contributed by atoms with Gasteiger partial charge in [-0.3, -0.25) is 14.5 Å². The number of nitrogens with zero attached hydrogens (tertiary/aromatic N) is 2. The predicted molar refractivity (Wildman–Crippen MR) is 116 cm³/mol. The van der Waals surface area contributed by atoms with Gasteiger partial charge in [-0.2, -0.15) is 0 Å². The van der Waals surface area contributed by atoms with Gasteiger partial charge in [-0.15, -0.1) is 11.3 Å². The number of carbonyl (C=O) groups is 2. The summed E-state index contributed by atoms with van der Waals surface area (Å²) in [5.41, 5.74) is 3.32. The zero-order chi connectivity index (χ0) is 20.2. The van der Waals surface area contributed by atoms with E-state index in [4.69, 9.17) is 0 Å². The van der Waals surface area contributed by atoms with E-state index in [0.29, 0.717) is 26.2 Å². The van der Waals surface area contributed by atoms with Crippen LogP contribution in [-0.2, 0) is 24.2 Å². The molecule has 5 nitrogen and oxygen atoms in total. The highest BCUT2D eigenvalue weighted by Crippen LogP contribution is 2.33. The molecule has 1 atom stereocenters. The summed E-state index contributed by atoms with van der Waals surface area (Å²) in [6, 6.07) is 9.94. The van der Waals surface area contributed by atoms with Crippen LogP contribution in [0.3, 0.4) is 0 Å². The molecule has 154 valence electrons. The standard InChI is InChI=1S/C23H29N3O2S/c1-17-7-8-19-20(16-29-21(19)13-17)23(28)26-11-9-25(10-12-26)15-22(27)24-14-18-5-3-2-4-6-18/h2-6,16-17H,7-15H2,1H3,(H,24,27). The zero-order valence-electron chi connectivity index (χ0n) is 17.0. The fraction of sp³-hybridized carbons (Fsp3) is 0.478. The van der Waals surface area contributed by atoms with Crippen LogP contribution in [0.2, 0.25) is 0 Å². The largest absolute Gasteiger partial charge is 0.351 e. The summed E-state index contributed by atoms with van der Waals surface area (Å²) >= 11 is 1.75. The molecule has 1 aromatic carbocycles. The number of amides is 2. The van der Waals surface area contributed by atoms with Gasteiger partial charge in [0.15, 0.2) is 0 Å². The van der Waals surface area contributed by atoms with Crippen LogP contribution < -0.4 is 5.32 Å². The number of thiophene rings is 1. The lowest BCUT2D eigenvalue weighted by Crippen LogP contribution is -2.51. The van der Waals surface area contributed by atoms with Gasteiger partial charge in [0, 0.05) is 43.0 Å². The Labute approximate surface area is 176 Å². The van der Waals surface area contributed by atoms with Crippen molar-refractivity contribution in [2.45, 2.75) is 32.7 Å². The first-order valence-electron chi connectivity index (χ1n) is 10.5. The molecular formula is C23H29N3O2S. The number of hydrogen-bond donors (Lipinski definition) is 1. The van der Waals surface area contributed by atoms with Gasteiger partial charge in [0.1, 0.15) is 0 Å². The average Bonchev–Trinajstić information content (AvgIpc) is 3.16. The topological polar surface area (TPSA) is 52.7 Å². The van der Waals surface area contributed by atoms with Crippen molar-refractivity contribution in [1.29, 1.82) is 0 Å². The molecule has 2 aliphatic rings. The van der Waals surface area contributed by atoms with Crippen LogP contribution in [-0.4, -0.2) is 54.3 Å². The van der Waals surface area contributed by atoms with E-state index in [1.807, 2.05) is 35.2 Å². The minimum absolute atomic E-state index is 0.0367. The molecule has 1 unspecified atom stereocenters. The van der Waals surface area contributed by atoms with Crippen molar-refractivity contribution in [1.82, 2.24) is 15.1 Å². The second-order valence-corrected chi connectivity index (χ2v) is 9.19. The first-order chi connectivity index (χ1) is 14.1. The van der Waals surface area contributed by atoms with Gasteiger partial charge in [-0.1, -0.05) is 37.3 Å². The Bertz CT molecular complexity index is 856. The molecule has 1 saturated heterocycles. The number of piperazine rings is 1. The van der Waals surface area contributed by atoms with E-state index in [9.17, 15) is 9.59 Å². The van der Waals surface area contributed by atoms with Gasteiger partial charge in [0.25, 0.3) is 5.91 Å². The molecule has 6 heteroatoms. The second-order valence-electron chi connectivity index (χ2n) is 8.23.